The van der Waals surface area contributed by atoms with Crippen molar-refractivity contribution in [3.8, 4) is 0 Å². The molecule has 2 aromatic heterocycles. The van der Waals surface area contributed by atoms with E-state index in [2.05, 4.69) is 48.5 Å². The smallest absolute Gasteiger partial charge is 0.186 e. The van der Waals surface area contributed by atoms with Crippen molar-refractivity contribution >= 4 is 27.8 Å². The van der Waals surface area contributed by atoms with Crippen molar-refractivity contribution in [2.45, 2.75) is 46.7 Å². The molecule has 0 bridgehead atoms. The Bertz CT molecular complexity index is 520. The van der Waals surface area contributed by atoms with Gasteiger partial charge in [0.15, 0.2) is 5.13 Å². The predicted octanol–water partition coefficient (Wildman–Crippen LogP) is 4.29. The number of aryl methyl sites for hydroxylation is 1. The van der Waals surface area contributed by atoms with Gasteiger partial charge in [-0.1, -0.05) is 26.3 Å². The number of hydrogen-bond donors (Lipinski definition) is 1. The molecule has 0 amide bonds. The Morgan fingerprint density at radius 1 is 1.29 bits per heavy atom. The monoisotopic (exact) mass is 323 g/mol. The van der Waals surface area contributed by atoms with Crippen LogP contribution in [0.4, 0.5) is 5.13 Å². The Labute approximate surface area is 136 Å². The fourth-order valence-corrected chi connectivity index (χ4v) is 4.08. The highest BCUT2D eigenvalue weighted by Crippen LogP contribution is 2.29. The van der Waals surface area contributed by atoms with Gasteiger partial charge in [0.2, 0.25) is 0 Å². The number of nitrogens with zero attached hydrogens (tertiary/aromatic N) is 2. The van der Waals surface area contributed by atoms with Crippen molar-refractivity contribution in [1.82, 2.24) is 10.3 Å². The highest BCUT2D eigenvalue weighted by atomic mass is 32.1. The zero-order valence-corrected chi connectivity index (χ0v) is 14.8. The Morgan fingerprint density at radius 3 is 2.76 bits per heavy atom. The molecule has 0 spiro atoms. The van der Waals surface area contributed by atoms with E-state index in [0.29, 0.717) is 0 Å². The molecule has 2 aromatic rings. The molecule has 0 aliphatic heterocycles. The molecule has 5 heteroatoms. The molecule has 0 saturated heterocycles. The van der Waals surface area contributed by atoms with E-state index in [1.54, 1.807) is 0 Å². The molecular weight excluding hydrogens is 298 g/mol. The van der Waals surface area contributed by atoms with E-state index in [0.717, 1.165) is 39.0 Å². The maximum atomic E-state index is 4.91. The van der Waals surface area contributed by atoms with E-state index in [4.69, 9.17) is 4.98 Å². The third-order valence-corrected chi connectivity index (χ3v) is 5.39. The maximum absolute atomic E-state index is 4.91. The van der Waals surface area contributed by atoms with Crippen molar-refractivity contribution in [1.29, 1.82) is 0 Å². The number of aromatic nitrogens is 1. The van der Waals surface area contributed by atoms with Crippen LogP contribution in [0.2, 0.25) is 0 Å². The molecule has 0 atom stereocenters. The zero-order chi connectivity index (χ0) is 15.1. The summed E-state index contributed by atoms with van der Waals surface area (Å²) < 4.78 is 0. The van der Waals surface area contributed by atoms with Crippen LogP contribution in [-0.2, 0) is 19.5 Å². The van der Waals surface area contributed by atoms with Crippen LogP contribution in [0.3, 0.4) is 0 Å². The summed E-state index contributed by atoms with van der Waals surface area (Å²) in [6.07, 6.45) is 2.23. The van der Waals surface area contributed by atoms with Gasteiger partial charge in [-0.2, -0.15) is 0 Å². The molecule has 116 valence electrons. The maximum Gasteiger partial charge on any atom is 0.186 e. The summed E-state index contributed by atoms with van der Waals surface area (Å²) in [5.74, 6) is 0. The zero-order valence-electron chi connectivity index (χ0n) is 13.2. The second-order valence-electron chi connectivity index (χ2n) is 4.99. The minimum atomic E-state index is 0.945. The van der Waals surface area contributed by atoms with Gasteiger partial charge in [0.05, 0.1) is 12.2 Å². The minimum Gasteiger partial charge on any atom is -0.343 e. The summed E-state index contributed by atoms with van der Waals surface area (Å²) in [6.45, 7) is 10.5. The largest absolute Gasteiger partial charge is 0.343 e. The first-order valence-corrected chi connectivity index (χ1v) is 9.44. The second-order valence-corrected chi connectivity index (χ2v) is 7.08. The number of hydrogen-bond acceptors (Lipinski definition) is 5. The van der Waals surface area contributed by atoms with Gasteiger partial charge in [-0.3, -0.25) is 0 Å². The lowest BCUT2D eigenvalue weighted by atomic mass is 10.2. The van der Waals surface area contributed by atoms with Crippen LogP contribution in [0.1, 0.15) is 42.6 Å². The van der Waals surface area contributed by atoms with Gasteiger partial charge in [0.25, 0.3) is 0 Å². The first kappa shape index (κ1) is 16.5. The number of rotatable bonds is 9. The van der Waals surface area contributed by atoms with Crippen LogP contribution in [0.15, 0.2) is 17.5 Å². The van der Waals surface area contributed by atoms with Crippen molar-refractivity contribution in [2.24, 2.45) is 0 Å². The highest BCUT2D eigenvalue weighted by molar-refractivity contribution is 7.15. The van der Waals surface area contributed by atoms with E-state index >= 15 is 0 Å². The summed E-state index contributed by atoms with van der Waals surface area (Å²) in [5.41, 5.74) is 1.28. The number of thiophene rings is 1. The molecule has 0 unspecified atom stereocenters. The van der Waals surface area contributed by atoms with Crippen molar-refractivity contribution in [3.63, 3.8) is 0 Å². The molecule has 2 heterocycles. The SMILES string of the molecule is CCCc1nc(N(CC)Cc2cccs2)sc1CNCC. The Kier molecular flexibility index (Phi) is 6.67. The van der Waals surface area contributed by atoms with E-state index in [-0.39, 0.29) is 0 Å². The lowest BCUT2D eigenvalue weighted by molar-refractivity contribution is 0.722. The van der Waals surface area contributed by atoms with Gasteiger partial charge >= 0.3 is 0 Å². The van der Waals surface area contributed by atoms with Crippen LogP contribution in [0.25, 0.3) is 0 Å². The van der Waals surface area contributed by atoms with E-state index in [9.17, 15) is 0 Å². The lowest BCUT2D eigenvalue weighted by Gasteiger charge is -2.18. The first-order valence-electron chi connectivity index (χ1n) is 7.75. The molecule has 0 radical (unpaired) electrons. The summed E-state index contributed by atoms with van der Waals surface area (Å²) in [5, 5.41) is 6.74. The molecule has 0 aromatic carbocycles. The van der Waals surface area contributed by atoms with Gasteiger partial charge in [-0.05, 0) is 31.3 Å². The Morgan fingerprint density at radius 2 is 2.14 bits per heavy atom. The van der Waals surface area contributed by atoms with Gasteiger partial charge in [0, 0.05) is 22.8 Å². The molecule has 0 aliphatic rings. The molecule has 21 heavy (non-hydrogen) atoms. The second kappa shape index (κ2) is 8.51. The van der Waals surface area contributed by atoms with E-state index < -0.39 is 0 Å². The number of thiazole rings is 1. The van der Waals surface area contributed by atoms with Crippen molar-refractivity contribution < 1.29 is 0 Å². The van der Waals surface area contributed by atoms with Crippen LogP contribution in [-0.4, -0.2) is 18.1 Å². The molecule has 2 rings (SSSR count). The molecule has 0 fully saturated rings. The van der Waals surface area contributed by atoms with Gasteiger partial charge in [0.1, 0.15) is 0 Å². The predicted molar refractivity (Wildman–Crippen MR) is 94.5 cm³/mol. The molecule has 0 saturated carbocycles. The van der Waals surface area contributed by atoms with Crippen molar-refractivity contribution in [3.05, 3.63) is 33.0 Å². The van der Waals surface area contributed by atoms with E-state index in [1.807, 2.05) is 22.7 Å². The number of anilines is 1. The molecule has 1 N–H and O–H groups in total. The normalized spacial score (nSPS) is 11.0. The highest BCUT2D eigenvalue weighted by Gasteiger charge is 2.15. The van der Waals surface area contributed by atoms with E-state index in [1.165, 1.54) is 20.6 Å². The molecule has 3 nitrogen and oxygen atoms in total. The standard InChI is InChI=1S/C16H25N3S2/c1-4-8-14-15(11-17-5-2)21-16(18-14)19(6-3)12-13-9-7-10-20-13/h7,9-10,17H,4-6,8,11-12H2,1-3H3. The summed E-state index contributed by atoms with van der Waals surface area (Å²) >= 11 is 3.67. The van der Waals surface area contributed by atoms with Gasteiger partial charge in [-0.15, -0.1) is 22.7 Å². The average Bonchev–Trinajstić information content (AvgIpc) is 3.13. The summed E-state index contributed by atoms with van der Waals surface area (Å²) in [4.78, 5) is 10.1. The minimum absolute atomic E-state index is 0.945. The molecule has 0 aliphatic carbocycles. The fraction of sp³-hybridized carbons (Fsp3) is 0.562. The average molecular weight is 324 g/mol. The quantitative estimate of drug-likeness (QED) is 0.746. The van der Waals surface area contributed by atoms with Crippen LogP contribution < -0.4 is 10.2 Å². The van der Waals surface area contributed by atoms with Crippen LogP contribution in [0.5, 0.6) is 0 Å². The summed E-state index contributed by atoms with van der Waals surface area (Å²) in [6, 6.07) is 4.32. The Balaban J connectivity index is 2.15. The summed E-state index contributed by atoms with van der Waals surface area (Å²) in [7, 11) is 0. The van der Waals surface area contributed by atoms with Gasteiger partial charge in [-0.25, -0.2) is 4.98 Å². The Hall–Kier alpha value is -0.910. The molecular formula is C16H25N3S2. The topological polar surface area (TPSA) is 28.2 Å². The first-order chi connectivity index (χ1) is 10.3. The lowest BCUT2D eigenvalue weighted by Crippen LogP contribution is -2.21. The van der Waals surface area contributed by atoms with Crippen LogP contribution in [0, 0.1) is 0 Å². The van der Waals surface area contributed by atoms with Gasteiger partial charge < -0.3 is 10.2 Å². The third kappa shape index (κ3) is 4.53. The van der Waals surface area contributed by atoms with Crippen molar-refractivity contribution in [2.75, 3.05) is 18.0 Å². The fourth-order valence-electron chi connectivity index (χ4n) is 2.22. The van der Waals surface area contributed by atoms with Crippen LogP contribution >= 0.6 is 22.7 Å². The number of nitrogens with one attached hydrogen (secondary N) is 1. The third-order valence-electron chi connectivity index (χ3n) is 3.37.